The first kappa shape index (κ1) is 15.3. The molecule has 0 aliphatic carbocycles. The first-order valence-corrected chi connectivity index (χ1v) is 6.22. The lowest BCUT2D eigenvalue weighted by molar-refractivity contribution is -0.143. The Hall–Kier alpha value is -2.09. The molecule has 1 heterocycles. The maximum Gasteiger partial charge on any atom is 0.416 e. The van der Waals surface area contributed by atoms with Crippen LogP contribution in [0.4, 0.5) is 13.2 Å². The standard InChI is InChI=1S/C13H13F3N2O3/c14-13(15,16)9-3-1-2-8(6-9)11(19)18-5-4-17-7-10(18)12(20)21/h1-3,6,10,17H,4-5,7H2,(H,20,21). The fraction of sp³-hybridized carbons (Fsp3) is 0.385. The van der Waals surface area contributed by atoms with E-state index in [0.29, 0.717) is 6.54 Å². The van der Waals surface area contributed by atoms with Gasteiger partial charge in [-0.05, 0) is 18.2 Å². The van der Waals surface area contributed by atoms with Gasteiger partial charge in [0.05, 0.1) is 5.56 Å². The number of hydrogen-bond donors (Lipinski definition) is 2. The molecule has 1 aromatic rings. The van der Waals surface area contributed by atoms with E-state index in [1.165, 1.54) is 6.07 Å². The molecular formula is C13H13F3N2O3. The predicted octanol–water partition coefficient (Wildman–Crippen LogP) is 1.20. The van der Waals surface area contributed by atoms with Gasteiger partial charge in [0.15, 0.2) is 0 Å². The van der Waals surface area contributed by atoms with Crippen LogP contribution in [0.15, 0.2) is 24.3 Å². The summed E-state index contributed by atoms with van der Waals surface area (Å²) in [5, 5.41) is 11.9. The van der Waals surface area contributed by atoms with E-state index in [1.807, 2.05) is 0 Å². The molecule has 2 rings (SSSR count). The van der Waals surface area contributed by atoms with Crippen LogP contribution in [0.5, 0.6) is 0 Å². The Morgan fingerprint density at radius 1 is 1.33 bits per heavy atom. The van der Waals surface area contributed by atoms with Crippen LogP contribution in [0, 0.1) is 0 Å². The van der Waals surface area contributed by atoms with Crippen molar-refractivity contribution in [1.82, 2.24) is 10.2 Å². The van der Waals surface area contributed by atoms with Crippen LogP contribution in [-0.4, -0.2) is 47.6 Å². The largest absolute Gasteiger partial charge is 0.480 e. The lowest BCUT2D eigenvalue weighted by atomic mass is 10.1. The Balaban J connectivity index is 2.28. The van der Waals surface area contributed by atoms with E-state index in [2.05, 4.69) is 5.32 Å². The third-order valence-electron chi connectivity index (χ3n) is 3.23. The summed E-state index contributed by atoms with van der Waals surface area (Å²) < 4.78 is 37.9. The van der Waals surface area contributed by atoms with Gasteiger partial charge in [0.2, 0.25) is 0 Å². The molecule has 0 bridgehead atoms. The number of hydrogen-bond acceptors (Lipinski definition) is 3. The molecule has 1 atom stereocenters. The average molecular weight is 302 g/mol. The summed E-state index contributed by atoms with van der Waals surface area (Å²) in [6.07, 6.45) is -4.55. The fourth-order valence-corrected chi connectivity index (χ4v) is 2.16. The highest BCUT2D eigenvalue weighted by atomic mass is 19.4. The molecule has 8 heteroatoms. The van der Waals surface area contributed by atoms with Crippen LogP contribution in [0.2, 0.25) is 0 Å². The monoisotopic (exact) mass is 302 g/mol. The van der Waals surface area contributed by atoms with Crippen LogP contribution in [0.1, 0.15) is 15.9 Å². The third-order valence-corrected chi connectivity index (χ3v) is 3.23. The number of benzene rings is 1. The van der Waals surface area contributed by atoms with Gasteiger partial charge in [-0.2, -0.15) is 13.2 Å². The smallest absolute Gasteiger partial charge is 0.416 e. The second kappa shape index (κ2) is 5.72. The van der Waals surface area contributed by atoms with Crippen molar-refractivity contribution in [2.45, 2.75) is 12.2 Å². The number of nitrogens with zero attached hydrogens (tertiary/aromatic N) is 1. The number of alkyl halides is 3. The molecule has 1 unspecified atom stereocenters. The Morgan fingerprint density at radius 3 is 2.67 bits per heavy atom. The average Bonchev–Trinajstić information content (AvgIpc) is 2.45. The van der Waals surface area contributed by atoms with Gasteiger partial charge in [0.25, 0.3) is 5.91 Å². The molecule has 1 saturated heterocycles. The van der Waals surface area contributed by atoms with Crippen LogP contribution in [-0.2, 0) is 11.0 Å². The number of amides is 1. The Morgan fingerprint density at radius 2 is 2.05 bits per heavy atom. The molecule has 1 aliphatic rings. The lowest BCUT2D eigenvalue weighted by Crippen LogP contribution is -2.57. The number of carbonyl (C=O) groups excluding carboxylic acids is 1. The van der Waals surface area contributed by atoms with E-state index in [-0.39, 0.29) is 18.7 Å². The molecule has 0 saturated carbocycles. The van der Waals surface area contributed by atoms with E-state index in [9.17, 15) is 22.8 Å². The second-order valence-corrected chi connectivity index (χ2v) is 4.64. The molecule has 2 N–H and O–H groups in total. The number of carboxylic acids is 1. The zero-order valence-electron chi connectivity index (χ0n) is 10.9. The number of rotatable bonds is 2. The SMILES string of the molecule is O=C(O)C1CNCCN1C(=O)c1cccc(C(F)(F)F)c1. The molecule has 1 aliphatic heterocycles. The zero-order valence-corrected chi connectivity index (χ0v) is 10.9. The summed E-state index contributed by atoms with van der Waals surface area (Å²) in [5.74, 6) is -1.91. The second-order valence-electron chi connectivity index (χ2n) is 4.64. The van der Waals surface area contributed by atoms with Gasteiger partial charge in [0, 0.05) is 25.2 Å². The predicted molar refractivity (Wildman–Crippen MR) is 66.8 cm³/mol. The molecule has 21 heavy (non-hydrogen) atoms. The van der Waals surface area contributed by atoms with Crippen molar-refractivity contribution in [1.29, 1.82) is 0 Å². The number of carbonyl (C=O) groups is 2. The molecule has 0 spiro atoms. The van der Waals surface area contributed by atoms with Crippen molar-refractivity contribution in [2.24, 2.45) is 0 Å². The summed E-state index contributed by atoms with van der Waals surface area (Å²) >= 11 is 0. The van der Waals surface area contributed by atoms with Gasteiger partial charge in [0.1, 0.15) is 6.04 Å². The first-order chi connectivity index (χ1) is 9.80. The quantitative estimate of drug-likeness (QED) is 0.861. The zero-order chi connectivity index (χ0) is 15.6. The van der Waals surface area contributed by atoms with Gasteiger partial charge in [-0.15, -0.1) is 0 Å². The van der Waals surface area contributed by atoms with Crippen LogP contribution >= 0.6 is 0 Å². The van der Waals surface area contributed by atoms with Crippen molar-refractivity contribution in [2.75, 3.05) is 19.6 Å². The van der Waals surface area contributed by atoms with Crippen molar-refractivity contribution < 1.29 is 27.9 Å². The van der Waals surface area contributed by atoms with E-state index in [4.69, 9.17) is 5.11 Å². The molecule has 5 nitrogen and oxygen atoms in total. The normalized spacial score (nSPS) is 19.4. The Kier molecular flexibility index (Phi) is 4.17. The molecule has 0 radical (unpaired) electrons. The van der Waals surface area contributed by atoms with Crippen molar-refractivity contribution >= 4 is 11.9 Å². The van der Waals surface area contributed by atoms with Gasteiger partial charge in [-0.1, -0.05) is 6.07 Å². The molecule has 1 aromatic carbocycles. The third kappa shape index (κ3) is 3.33. The number of piperazine rings is 1. The maximum atomic E-state index is 12.6. The van der Waals surface area contributed by atoms with Gasteiger partial charge in [-0.3, -0.25) is 4.79 Å². The van der Waals surface area contributed by atoms with Gasteiger partial charge < -0.3 is 15.3 Å². The minimum absolute atomic E-state index is 0.0695. The highest BCUT2D eigenvalue weighted by Crippen LogP contribution is 2.29. The van der Waals surface area contributed by atoms with Crippen molar-refractivity contribution in [3.05, 3.63) is 35.4 Å². The van der Waals surface area contributed by atoms with E-state index >= 15 is 0 Å². The van der Waals surface area contributed by atoms with Gasteiger partial charge in [-0.25, -0.2) is 4.79 Å². The van der Waals surface area contributed by atoms with Crippen LogP contribution < -0.4 is 5.32 Å². The van der Waals surface area contributed by atoms with E-state index in [1.54, 1.807) is 0 Å². The number of nitrogens with one attached hydrogen (secondary N) is 1. The Labute approximate surface area is 118 Å². The highest BCUT2D eigenvalue weighted by Gasteiger charge is 2.34. The summed E-state index contributed by atoms with van der Waals surface area (Å²) in [6, 6.07) is 2.90. The fourth-order valence-electron chi connectivity index (χ4n) is 2.16. The number of halogens is 3. The molecule has 114 valence electrons. The lowest BCUT2D eigenvalue weighted by Gasteiger charge is -2.33. The first-order valence-electron chi connectivity index (χ1n) is 6.22. The van der Waals surface area contributed by atoms with Gasteiger partial charge >= 0.3 is 12.1 Å². The number of aliphatic carboxylic acids is 1. The highest BCUT2D eigenvalue weighted by molar-refractivity contribution is 5.97. The van der Waals surface area contributed by atoms with Crippen LogP contribution in [0.3, 0.4) is 0 Å². The Bertz CT molecular complexity index is 560. The summed E-state index contributed by atoms with van der Waals surface area (Å²) in [5.41, 5.74) is -1.10. The summed E-state index contributed by atoms with van der Waals surface area (Å²) in [4.78, 5) is 24.5. The maximum absolute atomic E-state index is 12.6. The van der Waals surface area contributed by atoms with Crippen molar-refractivity contribution in [3.8, 4) is 0 Å². The van der Waals surface area contributed by atoms with E-state index < -0.39 is 29.7 Å². The molecular weight excluding hydrogens is 289 g/mol. The number of carboxylic acid groups (broad SMARTS) is 1. The topological polar surface area (TPSA) is 69.6 Å². The summed E-state index contributed by atoms with van der Waals surface area (Å²) in [6.45, 7) is 0.598. The van der Waals surface area contributed by atoms with E-state index in [0.717, 1.165) is 23.1 Å². The molecule has 0 aromatic heterocycles. The summed E-state index contributed by atoms with van der Waals surface area (Å²) in [7, 11) is 0. The minimum Gasteiger partial charge on any atom is -0.480 e. The van der Waals surface area contributed by atoms with Crippen molar-refractivity contribution in [3.63, 3.8) is 0 Å². The van der Waals surface area contributed by atoms with Crippen LogP contribution in [0.25, 0.3) is 0 Å². The minimum atomic E-state index is -4.55. The molecule has 1 fully saturated rings. The molecule has 1 amide bonds.